The van der Waals surface area contributed by atoms with E-state index in [9.17, 15) is 4.79 Å². The van der Waals surface area contributed by atoms with Gasteiger partial charge in [0.2, 0.25) is 0 Å². The second-order valence-electron chi connectivity index (χ2n) is 9.50. The molecule has 4 rings (SSSR count). The van der Waals surface area contributed by atoms with Crippen molar-refractivity contribution in [2.75, 3.05) is 42.7 Å². The molecule has 0 bridgehead atoms. The molecule has 11 heteroatoms. The van der Waals surface area contributed by atoms with Crippen LogP contribution in [0.15, 0.2) is 34.3 Å². The van der Waals surface area contributed by atoms with Gasteiger partial charge in [-0.25, -0.2) is 14.8 Å². The van der Waals surface area contributed by atoms with Crippen molar-refractivity contribution in [1.29, 1.82) is 0 Å². The molecule has 1 aromatic heterocycles. The fourth-order valence-corrected chi connectivity index (χ4v) is 4.94. The number of nitrogen functional groups attached to an aromatic ring is 2. The predicted octanol–water partition coefficient (Wildman–Crippen LogP) is 4.33. The molecule has 1 spiro atoms. The van der Waals surface area contributed by atoms with E-state index in [1.807, 2.05) is 12.1 Å². The van der Waals surface area contributed by atoms with Gasteiger partial charge in [-0.1, -0.05) is 29.4 Å². The number of aromatic nitrogens is 2. The number of anilines is 3. The lowest BCUT2D eigenvalue weighted by atomic mass is 9.78. The molecule has 6 N–H and O–H groups in total. The van der Waals surface area contributed by atoms with Gasteiger partial charge in [-0.15, -0.1) is 0 Å². The first-order valence-electron chi connectivity index (χ1n) is 11.1. The summed E-state index contributed by atoms with van der Waals surface area (Å²) >= 11 is 7.63. The summed E-state index contributed by atoms with van der Waals surface area (Å²) in [4.78, 5) is 22.2. The zero-order valence-corrected chi connectivity index (χ0v) is 21.4. The van der Waals surface area contributed by atoms with Gasteiger partial charge in [0, 0.05) is 24.6 Å². The Morgan fingerprint density at radius 2 is 1.94 bits per heavy atom. The first-order valence-corrected chi connectivity index (χ1v) is 12.3. The minimum absolute atomic E-state index is 0.370. The van der Waals surface area contributed by atoms with Crippen molar-refractivity contribution >= 4 is 46.8 Å². The summed E-state index contributed by atoms with van der Waals surface area (Å²) < 4.78 is 10.2. The summed E-state index contributed by atoms with van der Waals surface area (Å²) in [6, 6.07) is 5.52. The van der Waals surface area contributed by atoms with Gasteiger partial charge in [-0.3, -0.25) is 0 Å². The summed E-state index contributed by atoms with van der Waals surface area (Å²) in [6.07, 6.45) is 4.50. The molecule has 2 saturated heterocycles. The average Bonchev–Trinajstić information content (AvgIpc) is 3.20. The molecule has 2 aliphatic rings. The van der Waals surface area contributed by atoms with Gasteiger partial charge >= 0.3 is 6.09 Å². The number of piperidine rings is 1. The Hall–Kier alpha value is -2.43. The van der Waals surface area contributed by atoms with E-state index in [0.717, 1.165) is 49.9 Å². The third-order valence-electron chi connectivity index (χ3n) is 5.69. The summed E-state index contributed by atoms with van der Waals surface area (Å²) in [5, 5.41) is 1.15. The van der Waals surface area contributed by atoms with E-state index < -0.39 is 11.7 Å². The Kier molecular flexibility index (Phi) is 8.38. The highest BCUT2D eigenvalue weighted by molar-refractivity contribution is 7.99. The van der Waals surface area contributed by atoms with Crippen molar-refractivity contribution in [2.24, 2.45) is 11.1 Å². The van der Waals surface area contributed by atoms with Gasteiger partial charge < -0.3 is 31.6 Å². The standard InChI is InChI=1S/C18H22ClN5OS.C5H11NO2/c19-15-12(20)2-1-3-13(15)26-17-16(21)23-14(10-22-17)24-7-4-18(5-8-24)6-9-25-11-18;1-5(2,3)8-4(6)7/h1-3,10H,4-9,11,20H2,(H2,21,23);1-3H3,(H2,6,7). The fourth-order valence-electron chi connectivity index (χ4n) is 3.88. The van der Waals surface area contributed by atoms with E-state index in [0.29, 0.717) is 27.0 Å². The molecule has 2 aliphatic heterocycles. The maximum absolute atomic E-state index is 10.0. The SMILES string of the molecule is CC(C)(C)OC(N)=O.Nc1cccc(Sc2ncc(N3CCC4(CCOC4)CC3)nc2N)c1Cl. The highest BCUT2D eigenvalue weighted by atomic mass is 35.5. The molecule has 0 saturated carbocycles. The Balaban J connectivity index is 0.000000350. The van der Waals surface area contributed by atoms with E-state index in [1.165, 1.54) is 18.2 Å². The van der Waals surface area contributed by atoms with Gasteiger partial charge in [0.25, 0.3) is 0 Å². The lowest BCUT2D eigenvalue weighted by Gasteiger charge is -2.38. The number of carbonyl (C=O) groups excluding carboxylic acids is 1. The van der Waals surface area contributed by atoms with Gasteiger partial charge in [0.1, 0.15) is 16.4 Å². The zero-order valence-electron chi connectivity index (χ0n) is 19.8. The molecule has 1 amide bonds. The van der Waals surface area contributed by atoms with E-state index in [1.54, 1.807) is 33.0 Å². The van der Waals surface area contributed by atoms with Crippen molar-refractivity contribution in [1.82, 2.24) is 9.97 Å². The number of benzene rings is 1. The van der Waals surface area contributed by atoms with Gasteiger partial charge in [-0.05, 0) is 57.6 Å². The molecule has 0 radical (unpaired) electrons. The minimum Gasteiger partial charge on any atom is -0.444 e. The number of nitrogens with zero attached hydrogens (tertiary/aromatic N) is 3. The number of amides is 1. The number of rotatable bonds is 3. The highest BCUT2D eigenvalue weighted by Gasteiger charge is 2.38. The molecular weight excluding hydrogens is 476 g/mol. The van der Waals surface area contributed by atoms with Crippen LogP contribution in [-0.4, -0.2) is 48.0 Å². The molecule has 34 heavy (non-hydrogen) atoms. The second kappa shape index (κ2) is 10.9. The zero-order chi connectivity index (χ0) is 24.9. The van der Waals surface area contributed by atoms with Crippen LogP contribution >= 0.6 is 23.4 Å². The van der Waals surface area contributed by atoms with E-state index in [2.05, 4.69) is 19.6 Å². The van der Waals surface area contributed by atoms with Crippen LogP contribution < -0.4 is 22.1 Å². The number of nitrogens with two attached hydrogens (primary N) is 3. The largest absolute Gasteiger partial charge is 0.444 e. The summed E-state index contributed by atoms with van der Waals surface area (Å²) in [6.45, 7) is 9.00. The average molecular weight is 509 g/mol. The summed E-state index contributed by atoms with van der Waals surface area (Å²) in [5.74, 6) is 1.25. The molecule has 186 valence electrons. The monoisotopic (exact) mass is 508 g/mol. The smallest absolute Gasteiger partial charge is 0.405 e. The summed E-state index contributed by atoms with van der Waals surface area (Å²) in [7, 11) is 0. The first kappa shape index (κ1) is 26.2. The first-order chi connectivity index (χ1) is 16.0. The Labute approximate surface area is 209 Å². The van der Waals surface area contributed by atoms with Crippen LogP contribution in [-0.2, 0) is 9.47 Å². The molecule has 9 nitrogen and oxygen atoms in total. The van der Waals surface area contributed by atoms with E-state index >= 15 is 0 Å². The number of carbonyl (C=O) groups is 1. The summed E-state index contributed by atoms with van der Waals surface area (Å²) in [5.41, 5.74) is 17.2. The van der Waals surface area contributed by atoms with Crippen LogP contribution in [0.3, 0.4) is 0 Å². The quantitative estimate of drug-likeness (QED) is 0.516. The maximum Gasteiger partial charge on any atom is 0.405 e. The molecule has 2 aromatic rings. The van der Waals surface area contributed by atoms with E-state index in [-0.39, 0.29) is 0 Å². The molecule has 0 aliphatic carbocycles. The third kappa shape index (κ3) is 7.04. The second-order valence-corrected chi connectivity index (χ2v) is 10.9. The third-order valence-corrected chi connectivity index (χ3v) is 7.29. The fraction of sp³-hybridized carbons (Fsp3) is 0.522. The highest BCUT2D eigenvalue weighted by Crippen LogP contribution is 2.41. The Morgan fingerprint density at radius 3 is 2.47 bits per heavy atom. The van der Waals surface area contributed by atoms with Crippen molar-refractivity contribution in [2.45, 2.75) is 55.6 Å². The van der Waals surface area contributed by atoms with Gasteiger partial charge in [-0.2, -0.15) is 0 Å². The van der Waals surface area contributed by atoms with Gasteiger partial charge in [0.05, 0.1) is 23.5 Å². The van der Waals surface area contributed by atoms with Crippen molar-refractivity contribution in [3.05, 3.63) is 29.4 Å². The van der Waals surface area contributed by atoms with E-state index in [4.69, 9.17) is 33.5 Å². The molecule has 2 fully saturated rings. The molecular formula is C23H33ClN6O3S. The minimum atomic E-state index is -0.725. The lowest BCUT2D eigenvalue weighted by Crippen LogP contribution is -2.41. The van der Waals surface area contributed by atoms with Crippen LogP contribution in [0.4, 0.5) is 22.1 Å². The van der Waals surface area contributed by atoms with Crippen molar-refractivity contribution < 1.29 is 14.3 Å². The predicted molar refractivity (Wildman–Crippen MR) is 136 cm³/mol. The molecule has 1 aromatic carbocycles. The van der Waals surface area contributed by atoms with Crippen molar-refractivity contribution in [3.63, 3.8) is 0 Å². The number of halogens is 1. The molecule has 0 unspecified atom stereocenters. The Bertz CT molecular complexity index is 1000. The van der Waals surface area contributed by atoms with Crippen LogP contribution in [0.5, 0.6) is 0 Å². The van der Waals surface area contributed by atoms with Crippen LogP contribution in [0.1, 0.15) is 40.0 Å². The van der Waals surface area contributed by atoms with Gasteiger partial charge in [0.15, 0.2) is 5.82 Å². The molecule has 3 heterocycles. The molecule has 0 atom stereocenters. The lowest BCUT2D eigenvalue weighted by molar-refractivity contribution is 0.0600. The number of hydrogen-bond acceptors (Lipinski definition) is 9. The number of hydrogen-bond donors (Lipinski definition) is 3. The van der Waals surface area contributed by atoms with Crippen molar-refractivity contribution in [3.8, 4) is 0 Å². The number of ether oxygens (including phenoxy) is 2. The maximum atomic E-state index is 10.0. The van der Waals surface area contributed by atoms with Crippen LogP contribution in [0.25, 0.3) is 0 Å². The topological polar surface area (TPSA) is 143 Å². The van der Waals surface area contributed by atoms with Crippen LogP contribution in [0.2, 0.25) is 5.02 Å². The Morgan fingerprint density at radius 1 is 1.24 bits per heavy atom. The number of primary amides is 1. The normalized spacial score (nSPS) is 17.2. The van der Waals surface area contributed by atoms with Crippen LogP contribution in [0, 0.1) is 5.41 Å².